The molecule has 0 spiro atoms. The van der Waals surface area contributed by atoms with Gasteiger partial charge < -0.3 is 4.74 Å². The van der Waals surface area contributed by atoms with Crippen LogP contribution in [0.4, 0.5) is 4.39 Å². The van der Waals surface area contributed by atoms with E-state index in [-0.39, 0.29) is 17.3 Å². The molecule has 0 saturated heterocycles. The SMILES string of the molecule is C=CCCc1ccc(OC(=O)c2ccc(C3CC[C@H]4C[C@@H](CCCCCCC)CC[C@@H]4C3)c(F)c2)cc1. The Balaban J connectivity index is 1.28. The molecule has 0 aliphatic heterocycles. The van der Waals surface area contributed by atoms with E-state index in [2.05, 4.69) is 13.5 Å². The van der Waals surface area contributed by atoms with Gasteiger partial charge in [-0.2, -0.15) is 0 Å². The third-order valence-electron chi connectivity index (χ3n) is 8.88. The predicted octanol–water partition coefficient (Wildman–Crippen LogP) is 9.82. The Morgan fingerprint density at radius 2 is 1.73 bits per heavy atom. The van der Waals surface area contributed by atoms with Crippen LogP contribution in [-0.4, -0.2) is 5.97 Å². The number of carbonyl (C=O) groups is 1. The second-order valence-electron chi connectivity index (χ2n) is 11.5. The van der Waals surface area contributed by atoms with E-state index < -0.39 is 5.97 Å². The van der Waals surface area contributed by atoms with E-state index >= 15 is 4.39 Å². The van der Waals surface area contributed by atoms with Gasteiger partial charge in [0.2, 0.25) is 0 Å². The number of benzene rings is 2. The molecule has 2 saturated carbocycles. The predicted molar refractivity (Wildman–Crippen MR) is 151 cm³/mol. The van der Waals surface area contributed by atoms with Crippen molar-refractivity contribution in [3.05, 3.63) is 77.6 Å². The number of esters is 1. The standard InChI is InChI=1S/C34H45FO2/c1-3-5-7-8-9-11-26-12-15-28-23-29(17-16-27(28)22-26)32-21-18-30(24-33(32)35)34(36)37-31-19-13-25(14-20-31)10-6-4-2/h4,13-14,18-21,24,26-29H,2-3,5-12,15-17,22-23H2,1H3/t26-,27-,28+,29?/m0/s1. The molecule has 2 aromatic carbocycles. The lowest BCUT2D eigenvalue weighted by Crippen LogP contribution is -2.30. The van der Waals surface area contributed by atoms with Crippen LogP contribution in [0.3, 0.4) is 0 Å². The average molecular weight is 505 g/mol. The summed E-state index contributed by atoms with van der Waals surface area (Å²) in [7, 11) is 0. The van der Waals surface area contributed by atoms with Crippen molar-refractivity contribution in [3.8, 4) is 5.75 Å². The summed E-state index contributed by atoms with van der Waals surface area (Å²) in [5.41, 5.74) is 2.21. The molecule has 4 atom stereocenters. The maximum Gasteiger partial charge on any atom is 0.343 e. The van der Waals surface area contributed by atoms with E-state index in [9.17, 15) is 4.79 Å². The molecule has 0 bridgehead atoms. The molecule has 2 aliphatic rings. The molecule has 0 amide bonds. The quantitative estimate of drug-likeness (QED) is 0.124. The van der Waals surface area contributed by atoms with Crippen molar-refractivity contribution in [3.63, 3.8) is 0 Å². The van der Waals surface area contributed by atoms with Gasteiger partial charge in [-0.1, -0.05) is 76.1 Å². The van der Waals surface area contributed by atoms with Crippen LogP contribution in [0, 0.1) is 23.6 Å². The van der Waals surface area contributed by atoms with Crippen molar-refractivity contribution in [2.75, 3.05) is 0 Å². The zero-order valence-corrected chi connectivity index (χ0v) is 22.7. The summed E-state index contributed by atoms with van der Waals surface area (Å²) < 4.78 is 20.7. The molecule has 1 unspecified atom stereocenters. The van der Waals surface area contributed by atoms with Gasteiger partial charge in [-0.05, 0) is 104 Å². The number of fused-ring (bicyclic) bond motifs is 1. The molecule has 4 rings (SSSR count). The summed E-state index contributed by atoms with van der Waals surface area (Å²) in [6, 6.07) is 12.4. The summed E-state index contributed by atoms with van der Waals surface area (Å²) in [5.74, 6) is 2.43. The lowest BCUT2D eigenvalue weighted by molar-refractivity contribution is 0.0734. The number of unbranched alkanes of at least 4 members (excludes halogenated alkanes) is 4. The molecule has 0 aromatic heterocycles. The Labute approximate surface area is 223 Å². The van der Waals surface area contributed by atoms with Crippen LogP contribution < -0.4 is 4.74 Å². The minimum atomic E-state index is -0.513. The molecular formula is C34H45FO2. The average Bonchev–Trinajstić information content (AvgIpc) is 2.92. The van der Waals surface area contributed by atoms with Crippen molar-refractivity contribution in [1.29, 1.82) is 0 Å². The van der Waals surface area contributed by atoms with Crippen LogP contribution >= 0.6 is 0 Å². The molecule has 2 aliphatic carbocycles. The van der Waals surface area contributed by atoms with E-state index in [0.717, 1.165) is 49.0 Å². The van der Waals surface area contributed by atoms with Gasteiger partial charge in [0, 0.05) is 0 Å². The van der Waals surface area contributed by atoms with Gasteiger partial charge in [0.25, 0.3) is 0 Å². The number of ether oxygens (including phenoxy) is 1. The van der Waals surface area contributed by atoms with Gasteiger partial charge in [-0.25, -0.2) is 9.18 Å². The molecule has 37 heavy (non-hydrogen) atoms. The zero-order valence-electron chi connectivity index (χ0n) is 22.7. The number of hydrogen-bond acceptors (Lipinski definition) is 2. The lowest BCUT2D eigenvalue weighted by Gasteiger charge is -2.42. The summed E-state index contributed by atoms with van der Waals surface area (Å²) in [6.07, 6.45) is 19.4. The fraction of sp³-hybridized carbons (Fsp3) is 0.559. The molecule has 200 valence electrons. The van der Waals surface area contributed by atoms with E-state index in [1.807, 2.05) is 24.3 Å². The van der Waals surface area contributed by atoms with Gasteiger partial charge in [0.15, 0.2) is 0 Å². The van der Waals surface area contributed by atoms with E-state index in [0.29, 0.717) is 5.75 Å². The van der Waals surface area contributed by atoms with Gasteiger partial charge in [0.05, 0.1) is 5.56 Å². The first kappa shape index (κ1) is 27.6. The van der Waals surface area contributed by atoms with Crippen LogP contribution in [0.5, 0.6) is 5.75 Å². The third-order valence-corrected chi connectivity index (χ3v) is 8.88. The van der Waals surface area contributed by atoms with Gasteiger partial charge >= 0.3 is 5.97 Å². The molecule has 0 radical (unpaired) electrons. The molecular weight excluding hydrogens is 459 g/mol. The second-order valence-corrected chi connectivity index (χ2v) is 11.5. The van der Waals surface area contributed by atoms with Gasteiger partial charge in [-0.15, -0.1) is 6.58 Å². The van der Waals surface area contributed by atoms with E-state index in [1.165, 1.54) is 75.8 Å². The normalized spacial score (nSPS) is 23.3. The first-order valence-corrected chi connectivity index (χ1v) is 14.8. The van der Waals surface area contributed by atoms with Crippen molar-refractivity contribution in [2.45, 2.75) is 103 Å². The lowest BCUT2D eigenvalue weighted by atomic mass is 9.63. The van der Waals surface area contributed by atoms with Crippen molar-refractivity contribution < 1.29 is 13.9 Å². The highest BCUT2D eigenvalue weighted by atomic mass is 19.1. The number of rotatable bonds is 12. The number of halogens is 1. The Bertz CT molecular complexity index is 1010. The van der Waals surface area contributed by atoms with Crippen molar-refractivity contribution >= 4 is 5.97 Å². The first-order valence-electron chi connectivity index (χ1n) is 14.8. The zero-order chi connectivity index (χ0) is 26.0. The Morgan fingerprint density at radius 3 is 2.49 bits per heavy atom. The largest absolute Gasteiger partial charge is 0.423 e. The fourth-order valence-electron chi connectivity index (χ4n) is 6.71. The van der Waals surface area contributed by atoms with Crippen molar-refractivity contribution in [1.82, 2.24) is 0 Å². The fourth-order valence-corrected chi connectivity index (χ4v) is 6.71. The van der Waals surface area contributed by atoms with Crippen LogP contribution in [-0.2, 0) is 6.42 Å². The van der Waals surface area contributed by atoms with Crippen LogP contribution in [0.15, 0.2) is 55.1 Å². The minimum absolute atomic E-state index is 0.264. The van der Waals surface area contributed by atoms with Crippen LogP contribution in [0.25, 0.3) is 0 Å². The monoisotopic (exact) mass is 504 g/mol. The van der Waals surface area contributed by atoms with E-state index in [4.69, 9.17) is 4.74 Å². The number of allylic oxidation sites excluding steroid dienone is 1. The Kier molecular flexibility index (Phi) is 10.4. The number of carbonyl (C=O) groups excluding carboxylic acids is 1. The van der Waals surface area contributed by atoms with Gasteiger partial charge in [0.1, 0.15) is 11.6 Å². The minimum Gasteiger partial charge on any atom is -0.423 e. The second kappa shape index (κ2) is 13.9. The third kappa shape index (κ3) is 7.79. The molecule has 3 heteroatoms. The van der Waals surface area contributed by atoms with Crippen molar-refractivity contribution in [2.24, 2.45) is 17.8 Å². The number of hydrogen-bond donors (Lipinski definition) is 0. The smallest absolute Gasteiger partial charge is 0.343 e. The molecule has 2 nitrogen and oxygen atoms in total. The van der Waals surface area contributed by atoms with Crippen LogP contribution in [0.2, 0.25) is 0 Å². The summed E-state index contributed by atoms with van der Waals surface area (Å²) in [4.78, 5) is 12.7. The molecule has 2 aromatic rings. The Morgan fingerprint density at radius 1 is 0.973 bits per heavy atom. The summed E-state index contributed by atoms with van der Waals surface area (Å²) in [6.45, 7) is 6.02. The summed E-state index contributed by atoms with van der Waals surface area (Å²) >= 11 is 0. The van der Waals surface area contributed by atoms with Gasteiger partial charge in [-0.3, -0.25) is 0 Å². The summed E-state index contributed by atoms with van der Waals surface area (Å²) in [5, 5.41) is 0. The van der Waals surface area contributed by atoms with Crippen LogP contribution in [0.1, 0.15) is 118 Å². The molecule has 0 heterocycles. The molecule has 0 N–H and O–H groups in total. The highest BCUT2D eigenvalue weighted by Gasteiger charge is 2.36. The van der Waals surface area contributed by atoms with E-state index in [1.54, 1.807) is 18.2 Å². The highest BCUT2D eigenvalue weighted by molar-refractivity contribution is 5.91. The Hall–Kier alpha value is -2.42. The number of aryl methyl sites for hydroxylation is 1. The molecule has 2 fully saturated rings. The maximum absolute atomic E-state index is 15.2. The first-order chi connectivity index (χ1) is 18.1. The highest BCUT2D eigenvalue weighted by Crippen LogP contribution is 2.48. The maximum atomic E-state index is 15.2. The topological polar surface area (TPSA) is 26.3 Å².